The summed E-state index contributed by atoms with van der Waals surface area (Å²) in [7, 11) is 0. The number of rotatable bonds is 5. The molecule has 2 aromatic rings. The van der Waals surface area contributed by atoms with Crippen LogP contribution in [0.2, 0.25) is 5.02 Å². The second-order valence-electron chi connectivity index (χ2n) is 6.70. The largest absolute Gasteiger partial charge is 0.490 e. The third-order valence-electron chi connectivity index (χ3n) is 4.96. The molecule has 144 valence electrons. The first-order chi connectivity index (χ1) is 13.1. The predicted octanol–water partition coefficient (Wildman–Crippen LogP) is 3.87. The summed E-state index contributed by atoms with van der Waals surface area (Å²) < 4.78 is 5.60. The number of aryl methyl sites for hydroxylation is 1. The Kier molecular flexibility index (Phi) is 6.45. The molecule has 0 radical (unpaired) electrons. The Balaban J connectivity index is 1.42. The van der Waals surface area contributed by atoms with E-state index in [1.807, 2.05) is 23.1 Å². The molecular weight excluding hydrogens is 362 g/mol. The van der Waals surface area contributed by atoms with Gasteiger partial charge in [0.05, 0.1) is 11.6 Å². The normalized spacial score (nSPS) is 14.2. The van der Waals surface area contributed by atoms with Gasteiger partial charge in [0.2, 0.25) is 0 Å². The average molecular weight is 388 g/mol. The van der Waals surface area contributed by atoms with Crippen LogP contribution >= 0.6 is 11.6 Å². The lowest BCUT2D eigenvalue weighted by Crippen LogP contribution is -2.52. The Morgan fingerprint density at radius 3 is 2.56 bits per heavy atom. The lowest BCUT2D eigenvalue weighted by atomic mass is 10.1. The Labute approximate surface area is 165 Å². The van der Waals surface area contributed by atoms with Crippen molar-refractivity contribution in [1.29, 1.82) is 0 Å². The van der Waals surface area contributed by atoms with E-state index in [1.165, 1.54) is 16.8 Å². The highest BCUT2D eigenvalue weighted by Gasteiger charge is 2.22. The third kappa shape index (κ3) is 4.86. The van der Waals surface area contributed by atoms with Crippen molar-refractivity contribution in [3.8, 4) is 5.75 Å². The van der Waals surface area contributed by atoms with Gasteiger partial charge in [-0.1, -0.05) is 35.9 Å². The lowest BCUT2D eigenvalue weighted by Gasteiger charge is -2.37. The van der Waals surface area contributed by atoms with Gasteiger partial charge in [-0.2, -0.15) is 0 Å². The van der Waals surface area contributed by atoms with Gasteiger partial charge in [0.25, 0.3) is 0 Å². The van der Waals surface area contributed by atoms with Crippen molar-refractivity contribution in [2.45, 2.75) is 13.8 Å². The molecule has 0 aromatic heterocycles. The number of ether oxygens (including phenoxy) is 1. The number of benzene rings is 2. The molecule has 1 fully saturated rings. The summed E-state index contributed by atoms with van der Waals surface area (Å²) in [6.45, 7) is 8.23. The topological polar surface area (TPSA) is 44.8 Å². The van der Waals surface area contributed by atoms with Crippen LogP contribution < -0.4 is 15.0 Å². The maximum absolute atomic E-state index is 12.4. The van der Waals surface area contributed by atoms with Gasteiger partial charge in [-0.05, 0) is 43.2 Å². The highest BCUT2D eigenvalue weighted by Crippen LogP contribution is 2.24. The molecule has 0 aliphatic carbocycles. The molecule has 5 nitrogen and oxygen atoms in total. The van der Waals surface area contributed by atoms with Crippen LogP contribution in [0.15, 0.2) is 42.5 Å². The molecule has 0 spiro atoms. The van der Waals surface area contributed by atoms with Gasteiger partial charge >= 0.3 is 6.03 Å². The van der Waals surface area contributed by atoms with E-state index in [9.17, 15) is 4.79 Å². The van der Waals surface area contributed by atoms with Crippen LogP contribution in [0.25, 0.3) is 0 Å². The molecule has 1 heterocycles. The van der Waals surface area contributed by atoms with Crippen molar-refractivity contribution in [2.24, 2.45) is 0 Å². The lowest BCUT2D eigenvalue weighted by molar-refractivity contribution is 0.191. The monoisotopic (exact) mass is 387 g/mol. The molecule has 27 heavy (non-hydrogen) atoms. The molecule has 6 heteroatoms. The van der Waals surface area contributed by atoms with E-state index >= 15 is 0 Å². The van der Waals surface area contributed by atoms with Crippen molar-refractivity contribution < 1.29 is 9.53 Å². The summed E-state index contributed by atoms with van der Waals surface area (Å²) in [6.07, 6.45) is 0. The van der Waals surface area contributed by atoms with Crippen LogP contribution in [0.1, 0.15) is 11.1 Å². The highest BCUT2D eigenvalue weighted by atomic mass is 35.5. The van der Waals surface area contributed by atoms with Gasteiger partial charge in [0.15, 0.2) is 0 Å². The number of para-hydroxylation sites is 1. The Bertz CT molecular complexity index is 789. The van der Waals surface area contributed by atoms with Gasteiger partial charge in [-0.25, -0.2) is 4.79 Å². The third-order valence-corrected chi connectivity index (χ3v) is 5.27. The number of urea groups is 1. The quantitative estimate of drug-likeness (QED) is 0.792. The molecule has 0 unspecified atom stereocenters. The number of halogens is 1. The fourth-order valence-corrected chi connectivity index (χ4v) is 3.41. The Morgan fingerprint density at radius 1 is 1.07 bits per heavy atom. The van der Waals surface area contributed by atoms with Crippen molar-refractivity contribution in [3.63, 3.8) is 0 Å². The molecule has 2 amide bonds. The Hall–Kier alpha value is -2.40. The Morgan fingerprint density at radius 2 is 1.81 bits per heavy atom. The number of anilines is 1. The van der Waals surface area contributed by atoms with E-state index in [0.717, 1.165) is 13.1 Å². The number of piperazine rings is 1. The summed E-state index contributed by atoms with van der Waals surface area (Å²) in [6, 6.07) is 13.7. The molecule has 0 saturated carbocycles. The van der Waals surface area contributed by atoms with Gasteiger partial charge in [0, 0.05) is 31.9 Å². The van der Waals surface area contributed by atoms with Crippen LogP contribution in [0.4, 0.5) is 10.5 Å². The predicted molar refractivity (Wildman–Crippen MR) is 110 cm³/mol. The summed E-state index contributed by atoms with van der Waals surface area (Å²) in [5, 5.41) is 3.49. The molecule has 1 N–H and O–H groups in total. The zero-order valence-electron chi connectivity index (χ0n) is 15.9. The van der Waals surface area contributed by atoms with E-state index in [-0.39, 0.29) is 6.03 Å². The maximum Gasteiger partial charge on any atom is 0.317 e. The van der Waals surface area contributed by atoms with Gasteiger partial charge in [0.1, 0.15) is 12.4 Å². The van der Waals surface area contributed by atoms with Crippen LogP contribution in [0.5, 0.6) is 5.75 Å². The molecule has 3 rings (SSSR count). The van der Waals surface area contributed by atoms with E-state index in [0.29, 0.717) is 37.0 Å². The van der Waals surface area contributed by atoms with E-state index in [4.69, 9.17) is 16.3 Å². The van der Waals surface area contributed by atoms with E-state index in [2.05, 4.69) is 42.3 Å². The van der Waals surface area contributed by atoms with Crippen LogP contribution in [-0.2, 0) is 0 Å². The standard InChI is InChI=1S/C21H26ClN3O2/c1-16-6-5-8-19(17(16)2)24-11-13-25(14-12-24)21(26)23-10-15-27-20-9-4-3-7-18(20)22/h3-9H,10-15H2,1-2H3,(H,23,26). The maximum atomic E-state index is 12.4. The van der Waals surface area contributed by atoms with Gasteiger partial charge in [-0.3, -0.25) is 0 Å². The van der Waals surface area contributed by atoms with Gasteiger partial charge < -0.3 is 19.9 Å². The fraction of sp³-hybridized carbons (Fsp3) is 0.381. The van der Waals surface area contributed by atoms with Crippen molar-refractivity contribution in [2.75, 3.05) is 44.2 Å². The number of nitrogens with one attached hydrogen (secondary N) is 1. The molecule has 1 aliphatic rings. The number of nitrogens with zero attached hydrogens (tertiary/aromatic N) is 2. The first-order valence-electron chi connectivity index (χ1n) is 9.27. The van der Waals surface area contributed by atoms with Crippen LogP contribution in [0, 0.1) is 13.8 Å². The van der Waals surface area contributed by atoms with E-state index in [1.54, 1.807) is 6.07 Å². The zero-order chi connectivity index (χ0) is 19.2. The second kappa shape index (κ2) is 9.00. The molecule has 1 aliphatic heterocycles. The van der Waals surface area contributed by atoms with Gasteiger partial charge in [-0.15, -0.1) is 0 Å². The number of carbonyl (C=O) groups is 1. The SMILES string of the molecule is Cc1cccc(N2CCN(C(=O)NCCOc3ccccc3Cl)CC2)c1C. The van der Waals surface area contributed by atoms with E-state index < -0.39 is 0 Å². The summed E-state index contributed by atoms with van der Waals surface area (Å²) in [4.78, 5) is 16.6. The summed E-state index contributed by atoms with van der Waals surface area (Å²) >= 11 is 6.05. The minimum atomic E-state index is -0.0432. The number of hydrogen-bond acceptors (Lipinski definition) is 3. The fourth-order valence-electron chi connectivity index (χ4n) is 3.22. The smallest absolute Gasteiger partial charge is 0.317 e. The zero-order valence-corrected chi connectivity index (χ0v) is 16.6. The molecular formula is C21H26ClN3O2. The highest BCUT2D eigenvalue weighted by molar-refractivity contribution is 6.32. The summed E-state index contributed by atoms with van der Waals surface area (Å²) in [5.41, 5.74) is 3.88. The van der Waals surface area contributed by atoms with Crippen molar-refractivity contribution >= 4 is 23.3 Å². The minimum absolute atomic E-state index is 0.0432. The molecule has 0 atom stereocenters. The molecule has 2 aromatic carbocycles. The van der Waals surface area contributed by atoms with Crippen molar-refractivity contribution in [1.82, 2.24) is 10.2 Å². The first-order valence-corrected chi connectivity index (χ1v) is 9.65. The van der Waals surface area contributed by atoms with Crippen molar-refractivity contribution in [3.05, 3.63) is 58.6 Å². The number of amides is 2. The molecule has 0 bridgehead atoms. The summed E-state index contributed by atoms with van der Waals surface area (Å²) in [5.74, 6) is 0.635. The minimum Gasteiger partial charge on any atom is -0.490 e. The average Bonchev–Trinajstić information content (AvgIpc) is 2.68. The number of carbonyl (C=O) groups excluding carboxylic acids is 1. The molecule has 1 saturated heterocycles. The first kappa shape index (κ1) is 19.4. The number of hydrogen-bond donors (Lipinski definition) is 1. The van der Waals surface area contributed by atoms with Crippen LogP contribution in [0.3, 0.4) is 0 Å². The van der Waals surface area contributed by atoms with Crippen LogP contribution in [-0.4, -0.2) is 50.3 Å². The second-order valence-corrected chi connectivity index (χ2v) is 7.11.